The summed E-state index contributed by atoms with van der Waals surface area (Å²) in [6, 6.07) is 8.49. The molecule has 1 atom stereocenters. The molecule has 0 radical (unpaired) electrons. The molecule has 1 heterocycles. The molecular weight excluding hydrogens is 529 g/mol. The summed E-state index contributed by atoms with van der Waals surface area (Å²) in [6.45, 7) is 3.09. The average Bonchev–Trinajstić information content (AvgIpc) is 2.65. The number of rotatable bonds is 5. The number of fused-ring (bicyclic) bond motifs is 1. The van der Waals surface area contributed by atoms with E-state index in [1.54, 1.807) is 31.2 Å². The van der Waals surface area contributed by atoms with E-state index >= 15 is 0 Å². The van der Waals surface area contributed by atoms with E-state index in [1.165, 1.54) is 17.8 Å². The Kier molecular flexibility index (Phi) is 6.40. The molecule has 0 amide bonds. The molecule has 3 rings (SSSR count). The number of hydrogen-bond donors (Lipinski definition) is 1. The van der Waals surface area contributed by atoms with Crippen molar-refractivity contribution in [1.29, 1.82) is 0 Å². The largest absolute Gasteiger partial charge is 0.479 e. The maximum Gasteiger partial charge on any atom is 0.344 e. The Morgan fingerprint density at radius 2 is 2.07 bits per heavy atom. The molecule has 7 nitrogen and oxygen atoms in total. The molecule has 0 aliphatic heterocycles. The number of halogens is 3. The summed E-state index contributed by atoms with van der Waals surface area (Å²) in [7, 11) is 0. The summed E-state index contributed by atoms with van der Waals surface area (Å²) in [5.74, 6) is -0.463. The van der Waals surface area contributed by atoms with E-state index in [0.717, 1.165) is 4.47 Å². The van der Waals surface area contributed by atoms with Gasteiger partial charge in [-0.3, -0.25) is 4.79 Å². The topological polar surface area (TPSA) is 93.8 Å². The van der Waals surface area contributed by atoms with Gasteiger partial charge in [0.05, 0.1) is 26.6 Å². The van der Waals surface area contributed by atoms with Crippen LogP contribution in [0.15, 0.2) is 49.2 Å². The van der Waals surface area contributed by atoms with Gasteiger partial charge in [0.1, 0.15) is 5.82 Å². The summed E-state index contributed by atoms with van der Waals surface area (Å²) in [5, 5.41) is 13.9. The van der Waals surface area contributed by atoms with E-state index in [4.69, 9.17) is 21.4 Å². The van der Waals surface area contributed by atoms with Crippen LogP contribution < -0.4 is 10.3 Å². The molecule has 0 aliphatic rings. The van der Waals surface area contributed by atoms with Crippen LogP contribution in [0.4, 0.5) is 0 Å². The van der Waals surface area contributed by atoms with Gasteiger partial charge in [-0.05, 0) is 65.7 Å². The third kappa shape index (κ3) is 4.68. The lowest BCUT2D eigenvalue weighted by atomic mass is 10.2. The van der Waals surface area contributed by atoms with Gasteiger partial charge in [-0.15, -0.1) is 0 Å². The molecule has 0 saturated carbocycles. The summed E-state index contributed by atoms with van der Waals surface area (Å²) < 4.78 is 7.79. The molecule has 0 saturated heterocycles. The third-order valence-electron chi connectivity index (χ3n) is 3.96. The number of benzene rings is 2. The zero-order valence-corrected chi connectivity index (χ0v) is 19.1. The Hall–Kier alpha value is -2.23. The number of carbonyl (C=O) groups is 1. The van der Waals surface area contributed by atoms with E-state index in [0.29, 0.717) is 26.8 Å². The van der Waals surface area contributed by atoms with Crippen LogP contribution in [0.1, 0.15) is 18.3 Å². The number of carboxylic acid groups (broad SMARTS) is 1. The van der Waals surface area contributed by atoms with Crippen LogP contribution in [0, 0.1) is 6.92 Å². The van der Waals surface area contributed by atoms with Crippen molar-refractivity contribution in [1.82, 2.24) is 9.66 Å². The van der Waals surface area contributed by atoms with Crippen LogP contribution in [-0.4, -0.2) is 33.1 Å². The van der Waals surface area contributed by atoms with Gasteiger partial charge in [-0.1, -0.05) is 27.5 Å². The first-order chi connectivity index (χ1) is 13.7. The minimum absolute atomic E-state index is 0.207. The van der Waals surface area contributed by atoms with Gasteiger partial charge in [0.15, 0.2) is 11.9 Å². The van der Waals surface area contributed by atoms with Gasteiger partial charge in [0.25, 0.3) is 5.56 Å². The second-order valence-electron chi connectivity index (χ2n) is 6.09. The Morgan fingerprint density at radius 1 is 1.34 bits per heavy atom. The summed E-state index contributed by atoms with van der Waals surface area (Å²) in [5.41, 5.74) is 0.866. The highest BCUT2D eigenvalue weighted by atomic mass is 79.9. The van der Waals surface area contributed by atoms with Gasteiger partial charge in [0, 0.05) is 4.47 Å². The molecule has 1 aromatic heterocycles. The van der Waals surface area contributed by atoms with E-state index in [-0.39, 0.29) is 16.3 Å². The van der Waals surface area contributed by atoms with Gasteiger partial charge in [-0.25, -0.2) is 9.78 Å². The highest BCUT2D eigenvalue weighted by Crippen LogP contribution is 2.35. The molecule has 2 aromatic carbocycles. The van der Waals surface area contributed by atoms with Crippen LogP contribution in [-0.2, 0) is 4.79 Å². The minimum atomic E-state index is -1.11. The first kappa shape index (κ1) is 21.5. The number of ether oxygens (including phenoxy) is 1. The van der Waals surface area contributed by atoms with Crippen molar-refractivity contribution in [2.75, 3.05) is 0 Å². The number of aryl methyl sites for hydroxylation is 1. The Labute approximate surface area is 187 Å². The van der Waals surface area contributed by atoms with Crippen LogP contribution >= 0.6 is 43.5 Å². The lowest BCUT2D eigenvalue weighted by molar-refractivity contribution is -0.144. The second-order valence-corrected chi connectivity index (χ2v) is 8.27. The first-order valence-electron chi connectivity index (χ1n) is 8.29. The van der Waals surface area contributed by atoms with Gasteiger partial charge in [-0.2, -0.15) is 9.78 Å². The van der Waals surface area contributed by atoms with Crippen molar-refractivity contribution in [2.45, 2.75) is 20.0 Å². The first-order valence-corrected chi connectivity index (χ1v) is 10.3. The van der Waals surface area contributed by atoms with Crippen LogP contribution in [0.3, 0.4) is 0 Å². The molecule has 0 unspecified atom stereocenters. The van der Waals surface area contributed by atoms with Crippen molar-refractivity contribution in [2.24, 2.45) is 5.10 Å². The van der Waals surface area contributed by atoms with E-state index in [1.807, 2.05) is 6.07 Å². The fraction of sp³-hybridized carbons (Fsp3) is 0.158. The van der Waals surface area contributed by atoms with Crippen LogP contribution in [0.25, 0.3) is 10.9 Å². The maximum absolute atomic E-state index is 12.8. The molecule has 0 bridgehead atoms. The van der Waals surface area contributed by atoms with Gasteiger partial charge < -0.3 is 9.84 Å². The van der Waals surface area contributed by atoms with Gasteiger partial charge in [0.2, 0.25) is 0 Å². The Bertz CT molecular complexity index is 1190. The fourth-order valence-corrected chi connectivity index (χ4v) is 3.83. The second kappa shape index (κ2) is 8.64. The molecule has 29 heavy (non-hydrogen) atoms. The van der Waals surface area contributed by atoms with Crippen molar-refractivity contribution in [3.63, 3.8) is 0 Å². The predicted octanol–water partition coefficient (Wildman–Crippen LogP) is 4.62. The number of hydrogen-bond acceptors (Lipinski definition) is 5. The number of carboxylic acids is 1. The molecule has 0 fully saturated rings. The molecule has 1 N–H and O–H groups in total. The van der Waals surface area contributed by atoms with Crippen LogP contribution in [0.2, 0.25) is 5.02 Å². The lowest BCUT2D eigenvalue weighted by Gasteiger charge is -2.14. The Morgan fingerprint density at radius 3 is 2.72 bits per heavy atom. The van der Waals surface area contributed by atoms with E-state index < -0.39 is 12.1 Å². The molecule has 0 aliphatic carbocycles. The fourth-order valence-electron chi connectivity index (χ4n) is 2.51. The summed E-state index contributed by atoms with van der Waals surface area (Å²) in [4.78, 5) is 28.2. The highest BCUT2D eigenvalue weighted by Gasteiger charge is 2.17. The molecule has 0 spiro atoms. The Balaban J connectivity index is 1.98. The number of nitrogens with zero attached hydrogens (tertiary/aromatic N) is 3. The zero-order chi connectivity index (χ0) is 21.3. The minimum Gasteiger partial charge on any atom is -0.479 e. The quantitative estimate of drug-likeness (QED) is 0.474. The maximum atomic E-state index is 12.8. The van der Waals surface area contributed by atoms with Crippen molar-refractivity contribution >= 4 is 66.5 Å². The summed E-state index contributed by atoms with van der Waals surface area (Å²) in [6.07, 6.45) is 0.397. The van der Waals surface area contributed by atoms with E-state index in [9.17, 15) is 9.59 Å². The third-order valence-corrected chi connectivity index (χ3v) is 5.32. The highest BCUT2D eigenvalue weighted by molar-refractivity contribution is 9.10. The number of aliphatic carboxylic acids is 1. The van der Waals surface area contributed by atoms with Crippen LogP contribution in [0.5, 0.6) is 5.75 Å². The van der Waals surface area contributed by atoms with Gasteiger partial charge >= 0.3 is 5.97 Å². The predicted molar refractivity (Wildman–Crippen MR) is 118 cm³/mol. The normalized spacial score (nSPS) is 12.4. The van der Waals surface area contributed by atoms with Crippen molar-refractivity contribution in [3.05, 3.63) is 66.0 Å². The number of aromatic nitrogens is 2. The monoisotopic (exact) mass is 541 g/mol. The van der Waals surface area contributed by atoms with Crippen molar-refractivity contribution < 1.29 is 14.6 Å². The SMILES string of the molecule is Cc1nc2ccc(Br)cc2c(=O)n1N=Cc1cc(Cl)c(O[C@H](C)C(=O)O)c(Br)c1. The standard InChI is InChI=1S/C19H14Br2ClN3O4/c1-9(19(27)28)29-17-14(21)5-11(6-15(17)22)8-23-25-10(2)24-16-4-3-12(20)7-13(16)18(25)26/h3-9H,1-2H3,(H,27,28)/t9-/m1/s1. The average molecular weight is 544 g/mol. The van der Waals surface area contributed by atoms with Crippen molar-refractivity contribution in [3.8, 4) is 5.75 Å². The van der Waals surface area contributed by atoms with E-state index in [2.05, 4.69) is 41.9 Å². The molecule has 3 aromatic rings. The molecular formula is C19H14Br2ClN3O4. The smallest absolute Gasteiger partial charge is 0.344 e. The lowest BCUT2D eigenvalue weighted by Crippen LogP contribution is -2.23. The molecule has 150 valence electrons. The summed E-state index contributed by atoms with van der Waals surface area (Å²) >= 11 is 12.9. The molecule has 10 heteroatoms. The zero-order valence-electron chi connectivity index (χ0n) is 15.2.